The molecule has 23 heavy (non-hydrogen) atoms. The van der Waals surface area contributed by atoms with Crippen LogP contribution in [0, 0.1) is 5.92 Å². The first-order valence-corrected chi connectivity index (χ1v) is 7.75. The summed E-state index contributed by atoms with van der Waals surface area (Å²) in [5.74, 6) is -1.22. The van der Waals surface area contributed by atoms with Gasteiger partial charge in [0.05, 0.1) is 19.7 Å². The van der Waals surface area contributed by atoms with Gasteiger partial charge in [0.1, 0.15) is 5.54 Å². The molecule has 134 valence electrons. The minimum Gasteiger partial charge on any atom is -0.467 e. The van der Waals surface area contributed by atoms with Gasteiger partial charge in [0.2, 0.25) is 11.8 Å². The first-order valence-electron chi connectivity index (χ1n) is 7.75. The van der Waals surface area contributed by atoms with Crippen molar-refractivity contribution in [3.8, 4) is 0 Å². The van der Waals surface area contributed by atoms with Crippen LogP contribution in [0.15, 0.2) is 0 Å². The third-order valence-corrected chi connectivity index (χ3v) is 4.11. The molecule has 1 aliphatic carbocycles. The predicted octanol–water partition coefficient (Wildman–Crippen LogP) is 0.500. The lowest BCUT2D eigenvalue weighted by molar-refractivity contribution is -0.152. The lowest BCUT2D eigenvalue weighted by Gasteiger charge is -2.35. The molecule has 0 aromatic carbocycles. The first kappa shape index (κ1) is 21.7. The number of esters is 1. The van der Waals surface area contributed by atoms with Gasteiger partial charge in [0, 0.05) is 0 Å². The van der Waals surface area contributed by atoms with Gasteiger partial charge in [-0.05, 0) is 18.8 Å². The number of hydrogen-bond acceptors (Lipinski definition) is 5. The fourth-order valence-corrected chi connectivity index (χ4v) is 2.63. The van der Waals surface area contributed by atoms with Crippen molar-refractivity contribution in [1.29, 1.82) is 0 Å². The monoisotopic (exact) mass is 349 g/mol. The number of nitrogens with one attached hydrogen (secondary N) is 2. The number of rotatable bonds is 6. The number of carbonyl (C=O) groups excluding carboxylic acids is 3. The minimum atomic E-state index is -0.963. The van der Waals surface area contributed by atoms with Gasteiger partial charge in [0.15, 0.2) is 0 Å². The summed E-state index contributed by atoms with van der Waals surface area (Å²) in [6.07, 6.45) is 3.88. The van der Waals surface area contributed by atoms with Crippen LogP contribution in [-0.4, -0.2) is 43.0 Å². The molecule has 0 aromatic heterocycles. The molecule has 8 heteroatoms. The van der Waals surface area contributed by atoms with Crippen molar-refractivity contribution in [3.63, 3.8) is 0 Å². The van der Waals surface area contributed by atoms with E-state index in [1.807, 2.05) is 13.8 Å². The molecule has 0 radical (unpaired) electrons. The van der Waals surface area contributed by atoms with E-state index in [0.717, 1.165) is 19.3 Å². The molecule has 0 heterocycles. The second kappa shape index (κ2) is 9.72. The molecular weight excluding hydrogens is 322 g/mol. The summed E-state index contributed by atoms with van der Waals surface area (Å²) >= 11 is 0. The van der Waals surface area contributed by atoms with Crippen molar-refractivity contribution in [2.45, 2.75) is 57.5 Å². The highest BCUT2D eigenvalue weighted by Crippen LogP contribution is 2.29. The van der Waals surface area contributed by atoms with E-state index < -0.39 is 23.5 Å². The van der Waals surface area contributed by atoms with E-state index in [-0.39, 0.29) is 30.8 Å². The highest BCUT2D eigenvalue weighted by molar-refractivity contribution is 5.91. The summed E-state index contributed by atoms with van der Waals surface area (Å²) in [4.78, 5) is 35.8. The van der Waals surface area contributed by atoms with Crippen molar-refractivity contribution in [2.24, 2.45) is 11.7 Å². The summed E-state index contributed by atoms with van der Waals surface area (Å²) in [6, 6.07) is -0.656. The van der Waals surface area contributed by atoms with Crippen LogP contribution >= 0.6 is 12.4 Å². The Balaban J connectivity index is 0.00000484. The van der Waals surface area contributed by atoms with Gasteiger partial charge in [-0.1, -0.05) is 33.1 Å². The third-order valence-electron chi connectivity index (χ3n) is 4.11. The fourth-order valence-electron chi connectivity index (χ4n) is 2.63. The molecule has 1 aliphatic rings. The van der Waals surface area contributed by atoms with Gasteiger partial charge in [-0.25, -0.2) is 4.79 Å². The number of halogens is 1. The topological polar surface area (TPSA) is 111 Å². The number of amides is 2. The molecule has 2 amide bonds. The van der Waals surface area contributed by atoms with E-state index in [2.05, 4.69) is 10.6 Å². The molecule has 1 rings (SSSR count). The van der Waals surface area contributed by atoms with E-state index in [1.165, 1.54) is 7.11 Å². The molecule has 0 aromatic rings. The maximum atomic E-state index is 12.1. The van der Waals surface area contributed by atoms with Crippen molar-refractivity contribution < 1.29 is 19.1 Å². The Bertz CT molecular complexity index is 423. The van der Waals surface area contributed by atoms with Crippen LogP contribution in [0.4, 0.5) is 0 Å². The number of carbonyl (C=O) groups is 3. The molecule has 0 unspecified atom stereocenters. The Morgan fingerprint density at radius 1 is 1.17 bits per heavy atom. The van der Waals surface area contributed by atoms with Gasteiger partial charge in [-0.15, -0.1) is 12.4 Å². The van der Waals surface area contributed by atoms with E-state index in [1.54, 1.807) is 0 Å². The van der Waals surface area contributed by atoms with Crippen LogP contribution in [0.25, 0.3) is 0 Å². The molecular formula is C15H28ClN3O4. The van der Waals surface area contributed by atoms with Crippen LogP contribution < -0.4 is 16.4 Å². The minimum absolute atomic E-state index is 0. The van der Waals surface area contributed by atoms with Crippen LogP contribution in [0.1, 0.15) is 46.0 Å². The van der Waals surface area contributed by atoms with Gasteiger partial charge in [0.25, 0.3) is 0 Å². The Kier molecular flexibility index (Phi) is 9.16. The normalized spacial score (nSPS) is 17.6. The van der Waals surface area contributed by atoms with Crippen molar-refractivity contribution in [3.05, 3.63) is 0 Å². The van der Waals surface area contributed by atoms with E-state index >= 15 is 0 Å². The van der Waals surface area contributed by atoms with E-state index in [9.17, 15) is 14.4 Å². The summed E-state index contributed by atoms with van der Waals surface area (Å²) in [7, 11) is 1.31. The zero-order valence-corrected chi connectivity index (χ0v) is 14.8. The predicted molar refractivity (Wildman–Crippen MR) is 89.0 cm³/mol. The highest BCUT2D eigenvalue weighted by atomic mass is 35.5. The summed E-state index contributed by atoms with van der Waals surface area (Å²) in [5, 5.41) is 5.24. The number of ether oxygens (including phenoxy) is 1. The molecule has 0 aliphatic heterocycles. The van der Waals surface area contributed by atoms with Gasteiger partial charge in [-0.2, -0.15) is 0 Å². The van der Waals surface area contributed by atoms with Crippen molar-refractivity contribution in [1.82, 2.24) is 10.6 Å². The van der Waals surface area contributed by atoms with E-state index in [4.69, 9.17) is 10.5 Å². The molecule has 7 nitrogen and oxygen atoms in total. The maximum absolute atomic E-state index is 12.1. The number of hydrogen-bond donors (Lipinski definition) is 3. The zero-order valence-electron chi connectivity index (χ0n) is 14.0. The standard InChI is InChI=1S/C15H27N3O4.ClH/c1-10(2)12(16)13(20)17-9-11(19)18-15(14(21)22-3)7-5-4-6-8-15;/h10,12H,4-9,16H2,1-3H3,(H,17,20)(H,18,19);1H/t12-;/m0./s1. The average Bonchev–Trinajstić information content (AvgIpc) is 2.51. The molecule has 1 atom stereocenters. The maximum Gasteiger partial charge on any atom is 0.331 e. The molecule has 0 saturated heterocycles. The van der Waals surface area contributed by atoms with Gasteiger partial charge in [-0.3, -0.25) is 9.59 Å². The smallest absolute Gasteiger partial charge is 0.331 e. The largest absolute Gasteiger partial charge is 0.467 e. The Morgan fingerprint density at radius 2 is 1.74 bits per heavy atom. The van der Waals surface area contributed by atoms with Gasteiger partial charge < -0.3 is 21.1 Å². The fraction of sp³-hybridized carbons (Fsp3) is 0.800. The molecule has 0 spiro atoms. The number of nitrogens with two attached hydrogens (primary N) is 1. The molecule has 1 saturated carbocycles. The van der Waals surface area contributed by atoms with Crippen LogP contribution in [0.2, 0.25) is 0 Å². The van der Waals surface area contributed by atoms with Crippen LogP contribution in [-0.2, 0) is 19.1 Å². The highest BCUT2D eigenvalue weighted by Gasteiger charge is 2.41. The quantitative estimate of drug-likeness (QED) is 0.605. The van der Waals surface area contributed by atoms with E-state index in [0.29, 0.717) is 12.8 Å². The Morgan fingerprint density at radius 3 is 2.22 bits per heavy atom. The summed E-state index contributed by atoms with van der Waals surface area (Å²) in [6.45, 7) is 3.47. The average molecular weight is 350 g/mol. The second-order valence-corrected chi connectivity index (χ2v) is 6.17. The van der Waals surface area contributed by atoms with Crippen molar-refractivity contribution >= 4 is 30.2 Å². The Hall–Kier alpha value is -1.34. The molecule has 1 fully saturated rings. The lowest BCUT2D eigenvalue weighted by atomic mass is 9.81. The lowest BCUT2D eigenvalue weighted by Crippen LogP contribution is -2.58. The summed E-state index contributed by atoms with van der Waals surface area (Å²) < 4.78 is 4.83. The van der Waals surface area contributed by atoms with Crippen molar-refractivity contribution in [2.75, 3.05) is 13.7 Å². The third kappa shape index (κ3) is 5.99. The summed E-state index contributed by atoms with van der Waals surface area (Å²) in [5.41, 5.74) is 4.75. The number of methoxy groups -OCH3 is 1. The Labute approximate surface area is 143 Å². The van der Waals surface area contributed by atoms with Gasteiger partial charge >= 0.3 is 5.97 Å². The molecule has 4 N–H and O–H groups in total. The second-order valence-electron chi connectivity index (χ2n) is 6.17. The zero-order chi connectivity index (χ0) is 16.8. The molecule has 0 bridgehead atoms. The first-order chi connectivity index (χ1) is 10.3. The van der Waals surface area contributed by atoms with Crippen LogP contribution in [0.5, 0.6) is 0 Å². The SMILES string of the molecule is COC(=O)C1(NC(=O)CNC(=O)[C@@H](N)C(C)C)CCCCC1.Cl. The van der Waals surface area contributed by atoms with Crippen LogP contribution in [0.3, 0.4) is 0 Å².